The average Bonchev–Trinajstić information content (AvgIpc) is 2.35. The van der Waals surface area contributed by atoms with E-state index in [2.05, 4.69) is 5.16 Å². The lowest BCUT2D eigenvalue weighted by molar-refractivity contribution is -0.117. The Kier molecular flexibility index (Phi) is 5.17. The van der Waals surface area contributed by atoms with Crippen LogP contribution in [0.15, 0.2) is 5.16 Å². The molecule has 0 unspecified atom stereocenters. The van der Waals surface area contributed by atoms with Gasteiger partial charge in [0, 0.05) is 19.0 Å². The van der Waals surface area contributed by atoms with E-state index in [4.69, 9.17) is 21.5 Å². The van der Waals surface area contributed by atoms with Crippen LogP contribution in [0.3, 0.4) is 0 Å². The molecule has 6 nitrogen and oxygen atoms in total. The van der Waals surface area contributed by atoms with Gasteiger partial charge in [0.25, 0.3) is 0 Å². The molecule has 0 saturated carbocycles. The Morgan fingerprint density at radius 1 is 1.32 bits per heavy atom. The van der Waals surface area contributed by atoms with E-state index in [1.807, 2.05) is 0 Å². The first-order valence-electron chi connectivity index (χ1n) is 6.14. The molecule has 19 heavy (non-hydrogen) atoms. The van der Waals surface area contributed by atoms with Gasteiger partial charge in [0.05, 0.1) is 0 Å². The molecule has 0 aliphatic carbocycles. The van der Waals surface area contributed by atoms with E-state index in [9.17, 15) is 9.59 Å². The van der Waals surface area contributed by atoms with Gasteiger partial charge >= 0.3 is 6.09 Å². The number of likely N-dealkylation sites (tertiary alicyclic amines) is 1. The predicted octanol–water partition coefficient (Wildman–Crippen LogP) is 2.23. The summed E-state index contributed by atoms with van der Waals surface area (Å²) in [6.07, 6.45) is 0.605. The minimum atomic E-state index is -0.531. The highest BCUT2D eigenvalue weighted by molar-refractivity contribution is 6.83. The van der Waals surface area contributed by atoms with Crippen LogP contribution in [0.2, 0.25) is 0 Å². The first-order valence-corrected chi connectivity index (χ1v) is 6.52. The number of nitrogens with zero attached hydrogens (tertiary/aromatic N) is 2. The summed E-state index contributed by atoms with van der Waals surface area (Å²) in [5, 5.41) is 10.7. The van der Waals surface area contributed by atoms with Gasteiger partial charge in [0.2, 0.25) is 5.17 Å². The smallest absolute Gasteiger partial charge is 0.410 e. The van der Waals surface area contributed by atoms with Crippen molar-refractivity contribution in [1.29, 1.82) is 0 Å². The molecule has 1 heterocycles. The molecule has 0 aromatic carbocycles. The molecule has 1 N–H and O–H groups in total. The summed E-state index contributed by atoms with van der Waals surface area (Å²) in [5.74, 6) is -0.685. The number of carbonyl (C=O) groups is 2. The van der Waals surface area contributed by atoms with E-state index < -0.39 is 10.8 Å². The fourth-order valence-corrected chi connectivity index (χ4v) is 2.02. The van der Waals surface area contributed by atoms with E-state index in [0.717, 1.165) is 0 Å². The molecule has 108 valence electrons. The number of oxime groups is 1. The van der Waals surface area contributed by atoms with Gasteiger partial charge < -0.3 is 14.8 Å². The van der Waals surface area contributed by atoms with E-state index in [1.165, 1.54) is 0 Å². The van der Waals surface area contributed by atoms with Gasteiger partial charge in [-0.05, 0) is 33.6 Å². The fourth-order valence-electron chi connectivity index (χ4n) is 1.87. The Hall–Kier alpha value is -1.30. The second kappa shape index (κ2) is 6.23. The SMILES string of the molecule is CC(C)(C)OC(=O)N1CCC(C(=O)/C(Cl)=N/O)CC1. The zero-order valence-electron chi connectivity index (χ0n) is 11.4. The van der Waals surface area contributed by atoms with Crippen LogP contribution in [0.5, 0.6) is 0 Å². The number of carbonyl (C=O) groups excluding carboxylic acids is 2. The molecule has 0 aromatic rings. The number of ketones is 1. The number of amides is 1. The molecule has 0 atom stereocenters. The Morgan fingerprint density at radius 2 is 1.84 bits per heavy atom. The van der Waals surface area contributed by atoms with E-state index in [1.54, 1.807) is 25.7 Å². The average molecular weight is 291 g/mol. The van der Waals surface area contributed by atoms with Crippen molar-refractivity contribution >= 4 is 28.6 Å². The molecule has 1 fully saturated rings. The van der Waals surface area contributed by atoms with Crippen molar-refractivity contribution < 1.29 is 19.5 Å². The molecule has 0 aromatic heterocycles. The zero-order chi connectivity index (χ0) is 14.6. The molecule has 1 rings (SSSR count). The normalized spacial score (nSPS) is 18.3. The lowest BCUT2D eigenvalue weighted by atomic mass is 9.93. The van der Waals surface area contributed by atoms with Crippen molar-refractivity contribution in [3.05, 3.63) is 0 Å². The quantitative estimate of drug-likeness (QED) is 0.480. The largest absolute Gasteiger partial charge is 0.444 e. The summed E-state index contributed by atoms with van der Waals surface area (Å²) in [6.45, 7) is 6.28. The monoisotopic (exact) mass is 290 g/mol. The number of hydrogen-bond acceptors (Lipinski definition) is 5. The molecule has 0 radical (unpaired) electrons. The van der Waals surface area contributed by atoms with Crippen molar-refractivity contribution in [2.24, 2.45) is 11.1 Å². The van der Waals surface area contributed by atoms with Gasteiger partial charge in [-0.2, -0.15) is 0 Å². The number of hydrogen-bond donors (Lipinski definition) is 1. The first-order chi connectivity index (χ1) is 8.74. The molecule has 1 amide bonds. The topological polar surface area (TPSA) is 79.2 Å². The van der Waals surface area contributed by atoms with Crippen LogP contribution >= 0.6 is 11.6 Å². The maximum atomic E-state index is 11.8. The summed E-state index contributed by atoms with van der Waals surface area (Å²) in [7, 11) is 0. The summed E-state index contributed by atoms with van der Waals surface area (Å²) in [4.78, 5) is 25.1. The second-order valence-electron chi connectivity index (χ2n) is 5.50. The van der Waals surface area contributed by atoms with Gasteiger partial charge in [0.1, 0.15) is 5.60 Å². The predicted molar refractivity (Wildman–Crippen MR) is 70.6 cm³/mol. The highest BCUT2D eigenvalue weighted by Gasteiger charge is 2.31. The summed E-state index contributed by atoms with van der Waals surface area (Å²) < 4.78 is 5.25. The zero-order valence-corrected chi connectivity index (χ0v) is 12.1. The first kappa shape index (κ1) is 15.8. The van der Waals surface area contributed by atoms with Crippen molar-refractivity contribution in [3.8, 4) is 0 Å². The van der Waals surface area contributed by atoms with Crippen molar-refractivity contribution in [3.63, 3.8) is 0 Å². The molecule has 0 spiro atoms. The van der Waals surface area contributed by atoms with Gasteiger partial charge in [-0.1, -0.05) is 16.8 Å². The van der Waals surface area contributed by atoms with Gasteiger partial charge in [-0.3, -0.25) is 4.79 Å². The molecular formula is C12H19ClN2O4. The van der Waals surface area contributed by atoms with Crippen LogP contribution in [0.25, 0.3) is 0 Å². The third-order valence-corrected chi connectivity index (χ3v) is 3.07. The highest BCUT2D eigenvalue weighted by Crippen LogP contribution is 2.21. The molecule has 1 aliphatic rings. The fraction of sp³-hybridized carbons (Fsp3) is 0.750. The standard InChI is InChI=1S/C12H19ClN2O4/c1-12(2,3)19-11(17)15-6-4-8(5-7-15)9(16)10(13)14-18/h8,18H,4-7H2,1-3H3/b14-10-. The van der Waals surface area contributed by atoms with Crippen LogP contribution in [0.1, 0.15) is 33.6 Å². The molecule has 1 aliphatic heterocycles. The van der Waals surface area contributed by atoms with E-state index >= 15 is 0 Å². The van der Waals surface area contributed by atoms with Crippen LogP contribution in [0, 0.1) is 5.92 Å². The van der Waals surface area contributed by atoms with Crippen molar-refractivity contribution in [2.75, 3.05) is 13.1 Å². The van der Waals surface area contributed by atoms with Crippen LogP contribution in [0.4, 0.5) is 4.79 Å². The van der Waals surface area contributed by atoms with Gasteiger partial charge in [0.15, 0.2) is 5.78 Å². The molecular weight excluding hydrogens is 272 g/mol. The van der Waals surface area contributed by atoms with Gasteiger partial charge in [-0.15, -0.1) is 0 Å². The number of Topliss-reactive ketones (excluding diaryl/α,β-unsaturated/α-hetero) is 1. The number of piperidine rings is 1. The number of rotatable bonds is 2. The maximum absolute atomic E-state index is 11.8. The molecule has 1 saturated heterocycles. The van der Waals surface area contributed by atoms with Crippen LogP contribution in [-0.4, -0.2) is 45.8 Å². The summed E-state index contributed by atoms with van der Waals surface area (Å²) >= 11 is 5.48. The second-order valence-corrected chi connectivity index (χ2v) is 5.85. The summed E-state index contributed by atoms with van der Waals surface area (Å²) in [6, 6.07) is 0. The lowest BCUT2D eigenvalue weighted by Crippen LogP contribution is -2.43. The van der Waals surface area contributed by atoms with Crippen LogP contribution < -0.4 is 0 Å². The van der Waals surface area contributed by atoms with Gasteiger partial charge in [-0.25, -0.2) is 4.79 Å². The lowest BCUT2D eigenvalue weighted by Gasteiger charge is -2.32. The van der Waals surface area contributed by atoms with Crippen molar-refractivity contribution in [2.45, 2.75) is 39.2 Å². The Labute approximate surface area is 117 Å². The number of ether oxygens (including phenoxy) is 1. The Morgan fingerprint density at radius 3 is 2.26 bits per heavy atom. The minimum absolute atomic E-state index is 0.304. The highest BCUT2D eigenvalue weighted by atomic mass is 35.5. The summed E-state index contributed by atoms with van der Waals surface area (Å²) in [5.41, 5.74) is -0.531. The minimum Gasteiger partial charge on any atom is -0.444 e. The Balaban J connectivity index is 2.49. The third-order valence-electron chi connectivity index (χ3n) is 2.81. The van der Waals surface area contributed by atoms with E-state index in [0.29, 0.717) is 25.9 Å². The third kappa shape index (κ3) is 4.70. The van der Waals surface area contributed by atoms with Crippen molar-refractivity contribution in [1.82, 2.24) is 4.90 Å². The van der Waals surface area contributed by atoms with Crippen LogP contribution in [-0.2, 0) is 9.53 Å². The maximum Gasteiger partial charge on any atom is 0.410 e. The van der Waals surface area contributed by atoms with E-state index in [-0.39, 0.29) is 17.8 Å². The number of halogens is 1. The molecule has 7 heteroatoms. The Bertz CT molecular complexity index is 382. The molecule has 0 bridgehead atoms.